The first-order chi connectivity index (χ1) is 20.4. The van der Waals surface area contributed by atoms with E-state index in [4.69, 9.17) is 29.0 Å². The van der Waals surface area contributed by atoms with Crippen molar-refractivity contribution in [3.05, 3.63) is 95.3 Å². The first-order valence-corrected chi connectivity index (χ1v) is 14.4. The van der Waals surface area contributed by atoms with Gasteiger partial charge in [-0.15, -0.1) is 11.3 Å². The molecule has 5 rings (SSSR count). The standard InChI is InChI=1S/C32H32N2O7S/c1-20-3-12-26-28(17-20)42-31(34-26)22-8-10-25(11-9-22)33-30(36)27-18-24(19-29(41-27)40-16-15-39-14-13-35)21-4-6-23(7-5-21)32(37)38-2/h3-12,17-18,24,29,35H,13-16,19H2,1-2H3,(H,33,36)/t24-,29+/m1/s1. The summed E-state index contributed by atoms with van der Waals surface area (Å²) in [4.78, 5) is 29.9. The topological polar surface area (TPSA) is 116 Å². The van der Waals surface area contributed by atoms with Crippen LogP contribution in [0.5, 0.6) is 0 Å². The number of methoxy groups -OCH3 is 1. The Balaban J connectivity index is 1.30. The van der Waals surface area contributed by atoms with Crippen molar-refractivity contribution in [3.63, 3.8) is 0 Å². The van der Waals surface area contributed by atoms with E-state index < -0.39 is 18.2 Å². The van der Waals surface area contributed by atoms with Crippen molar-refractivity contribution >= 4 is 39.1 Å². The van der Waals surface area contributed by atoms with Gasteiger partial charge in [0.1, 0.15) is 5.01 Å². The molecule has 1 aliphatic heterocycles. The average molecular weight is 589 g/mol. The zero-order chi connectivity index (χ0) is 29.5. The van der Waals surface area contributed by atoms with Gasteiger partial charge in [0.15, 0.2) is 5.76 Å². The van der Waals surface area contributed by atoms with E-state index in [1.807, 2.05) is 42.5 Å². The van der Waals surface area contributed by atoms with Crippen LogP contribution in [0.15, 0.2) is 78.6 Å². The lowest BCUT2D eigenvalue weighted by Gasteiger charge is -2.29. The Kier molecular flexibility index (Phi) is 9.60. The van der Waals surface area contributed by atoms with Gasteiger partial charge in [-0.2, -0.15) is 0 Å². The predicted octanol–water partition coefficient (Wildman–Crippen LogP) is 5.44. The van der Waals surface area contributed by atoms with Crippen LogP contribution in [0.2, 0.25) is 0 Å². The number of carbonyl (C=O) groups excluding carboxylic acids is 2. The Morgan fingerprint density at radius 3 is 2.57 bits per heavy atom. The van der Waals surface area contributed by atoms with E-state index in [1.54, 1.807) is 29.5 Å². The SMILES string of the molecule is COC(=O)c1ccc([C@@H]2C=C(C(=O)Nc3ccc(-c4nc5ccc(C)cc5s4)cc3)O[C@H](OCCOCCO)C2)cc1. The zero-order valence-corrected chi connectivity index (χ0v) is 24.2. The van der Waals surface area contributed by atoms with Crippen molar-refractivity contribution in [1.29, 1.82) is 0 Å². The van der Waals surface area contributed by atoms with E-state index in [0.29, 0.717) is 17.7 Å². The fourth-order valence-corrected chi connectivity index (χ4v) is 5.65. The lowest BCUT2D eigenvalue weighted by molar-refractivity contribution is -0.148. The minimum absolute atomic E-state index is 0.0715. The van der Waals surface area contributed by atoms with Gasteiger partial charge in [0.2, 0.25) is 6.29 Å². The number of anilines is 1. The van der Waals surface area contributed by atoms with Gasteiger partial charge < -0.3 is 29.4 Å². The molecule has 0 unspecified atom stereocenters. The van der Waals surface area contributed by atoms with Crippen molar-refractivity contribution in [3.8, 4) is 10.6 Å². The number of esters is 1. The number of aryl methyl sites for hydroxylation is 1. The molecule has 0 saturated carbocycles. The van der Waals surface area contributed by atoms with Crippen LogP contribution in [-0.2, 0) is 23.7 Å². The van der Waals surface area contributed by atoms with E-state index in [0.717, 1.165) is 26.4 Å². The number of allylic oxidation sites excluding steroid dienone is 1. The van der Waals surface area contributed by atoms with Gasteiger partial charge in [0.05, 0.1) is 49.3 Å². The molecule has 3 aromatic carbocycles. The number of aliphatic hydroxyl groups is 1. The molecule has 1 aromatic heterocycles. The molecule has 2 heterocycles. The maximum absolute atomic E-state index is 13.3. The van der Waals surface area contributed by atoms with Crippen molar-refractivity contribution in [1.82, 2.24) is 4.98 Å². The number of aliphatic hydroxyl groups excluding tert-OH is 1. The summed E-state index contributed by atoms with van der Waals surface area (Å²) in [5.74, 6) is -0.883. The van der Waals surface area contributed by atoms with Crippen LogP contribution in [0.25, 0.3) is 20.8 Å². The summed E-state index contributed by atoms with van der Waals surface area (Å²) in [5, 5.41) is 12.7. The molecule has 9 nitrogen and oxygen atoms in total. The summed E-state index contributed by atoms with van der Waals surface area (Å²) in [6.07, 6.45) is 1.54. The predicted molar refractivity (Wildman–Crippen MR) is 160 cm³/mol. The average Bonchev–Trinajstić information content (AvgIpc) is 3.44. The molecule has 2 atom stereocenters. The molecule has 10 heteroatoms. The van der Waals surface area contributed by atoms with Gasteiger partial charge >= 0.3 is 5.97 Å². The maximum atomic E-state index is 13.3. The third kappa shape index (κ3) is 7.21. The van der Waals surface area contributed by atoms with Crippen LogP contribution in [0.3, 0.4) is 0 Å². The molecule has 0 spiro atoms. The van der Waals surface area contributed by atoms with Gasteiger partial charge in [0.25, 0.3) is 5.91 Å². The number of aromatic nitrogens is 1. The molecule has 42 heavy (non-hydrogen) atoms. The van der Waals surface area contributed by atoms with Gasteiger partial charge in [-0.1, -0.05) is 18.2 Å². The number of nitrogens with one attached hydrogen (secondary N) is 1. The molecule has 2 N–H and O–H groups in total. The Morgan fingerprint density at radius 1 is 1.05 bits per heavy atom. The molecule has 218 valence electrons. The van der Waals surface area contributed by atoms with E-state index in [-0.39, 0.29) is 38.1 Å². The van der Waals surface area contributed by atoms with Crippen LogP contribution >= 0.6 is 11.3 Å². The number of ether oxygens (including phenoxy) is 4. The second-order valence-electron chi connectivity index (χ2n) is 9.76. The van der Waals surface area contributed by atoms with Crippen molar-refractivity contribution in [2.45, 2.75) is 25.6 Å². The summed E-state index contributed by atoms with van der Waals surface area (Å²) < 4.78 is 23.0. The number of rotatable bonds is 11. The number of amides is 1. The smallest absolute Gasteiger partial charge is 0.337 e. The Morgan fingerprint density at radius 2 is 1.83 bits per heavy atom. The van der Waals surface area contributed by atoms with Crippen LogP contribution < -0.4 is 5.32 Å². The highest BCUT2D eigenvalue weighted by atomic mass is 32.1. The number of nitrogens with zero attached hydrogens (tertiary/aromatic N) is 1. The number of carbonyl (C=O) groups is 2. The highest BCUT2D eigenvalue weighted by Crippen LogP contribution is 2.33. The van der Waals surface area contributed by atoms with Crippen LogP contribution in [0.4, 0.5) is 5.69 Å². The fraction of sp³-hybridized carbons (Fsp3) is 0.281. The highest BCUT2D eigenvalue weighted by Gasteiger charge is 2.29. The number of benzene rings is 3. The van der Waals surface area contributed by atoms with Crippen molar-refractivity contribution in [2.75, 3.05) is 38.9 Å². The molecule has 4 aromatic rings. The highest BCUT2D eigenvalue weighted by molar-refractivity contribution is 7.21. The summed E-state index contributed by atoms with van der Waals surface area (Å²) >= 11 is 1.63. The van der Waals surface area contributed by atoms with Crippen LogP contribution in [-0.4, -0.2) is 61.8 Å². The lowest BCUT2D eigenvalue weighted by Crippen LogP contribution is -2.30. The number of fused-ring (bicyclic) bond motifs is 1. The number of hydrogen-bond acceptors (Lipinski definition) is 9. The molecule has 0 aliphatic carbocycles. The van der Waals surface area contributed by atoms with Crippen molar-refractivity contribution in [2.24, 2.45) is 0 Å². The summed E-state index contributed by atoms with van der Waals surface area (Å²) in [6.45, 7) is 2.73. The van der Waals surface area contributed by atoms with Crippen molar-refractivity contribution < 1.29 is 33.6 Å². The molecule has 0 bridgehead atoms. The number of thiazole rings is 1. The van der Waals surface area contributed by atoms with E-state index in [9.17, 15) is 9.59 Å². The fourth-order valence-electron chi connectivity index (χ4n) is 4.58. The molecule has 0 radical (unpaired) electrons. The minimum atomic E-state index is -0.691. The van der Waals surface area contributed by atoms with E-state index in [1.165, 1.54) is 12.7 Å². The van der Waals surface area contributed by atoms with Gasteiger partial charge in [-0.25, -0.2) is 9.78 Å². The molecule has 1 aliphatic rings. The Labute approximate surface area is 247 Å². The maximum Gasteiger partial charge on any atom is 0.337 e. The van der Waals surface area contributed by atoms with Gasteiger partial charge in [0, 0.05) is 23.6 Å². The Bertz CT molecular complexity index is 1560. The zero-order valence-electron chi connectivity index (χ0n) is 23.4. The van der Waals surface area contributed by atoms with Gasteiger partial charge in [-0.3, -0.25) is 4.79 Å². The molecule has 0 fully saturated rings. The first kappa shape index (κ1) is 29.4. The molecule has 0 saturated heterocycles. The molecular formula is C32H32N2O7S. The number of hydrogen-bond donors (Lipinski definition) is 2. The Hall–Kier alpha value is -4.09. The van der Waals surface area contributed by atoms with Gasteiger partial charge in [-0.05, 0) is 72.7 Å². The third-order valence-corrected chi connectivity index (χ3v) is 7.81. The normalized spacial score (nSPS) is 16.5. The monoisotopic (exact) mass is 588 g/mol. The summed E-state index contributed by atoms with van der Waals surface area (Å²) in [5.41, 5.74) is 5.07. The summed E-state index contributed by atoms with van der Waals surface area (Å²) in [6, 6.07) is 20.8. The first-order valence-electron chi connectivity index (χ1n) is 13.6. The van der Waals surface area contributed by atoms with E-state index in [2.05, 4.69) is 24.4 Å². The van der Waals surface area contributed by atoms with Crippen LogP contribution in [0, 0.1) is 6.92 Å². The minimum Gasteiger partial charge on any atom is -0.465 e. The molecule has 1 amide bonds. The largest absolute Gasteiger partial charge is 0.465 e. The van der Waals surface area contributed by atoms with Crippen LogP contribution in [0.1, 0.15) is 33.8 Å². The second kappa shape index (κ2) is 13.7. The third-order valence-electron chi connectivity index (χ3n) is 6.74. The second-order valence-corrected chi connectivity index (χ2v) is 10.8. The van der Waals surface area contributed by atoms with E-state index >= 15 is 0 Å². The molecular weight excluding hydrogens is 556 g/mol. The quantitative estimate of drug-likeness (QED) is 0.176. The lowest BCUT2D eigenvalue weighted by atomic mass is 9.92. The summed E-state index contributed by atoms with van der Waals surface area (Å²) in [7, 11) is 1.34.